The van der Waals surface area contributed by atoms with Crippen molar-refractivity contribution < 1.29 is 4.42 Å². The first-order valence-corrected chi connectivity index (χ1v) is 9.63. The Hall–Kier alpha value is -3.94. The molecule has 0 aliphatic carbocycles. The van der Waals surface area contributed by atoms with Gasteiger partial charge in [-0.15, -0.1) is 10.2 Å². The number of aryl methyl sites for hydroxylation is 1. The van der Waals surface area contributed by atoms with E-state index in [0.29, 0.717) is 24.9 Å². The number of guanidine groups is 1. The summed E-state index contributed by atoms with van der Waals surface area (Å²) >= 11 is 0. The summed E-state index contributed by atoms with van der Waals surface area (Å²) in [5.74, 6) is 2.02. The van der Waals surface area contributed by atoms with Crippen molar-refractivity contribution in [3.63, 3.8) is 0 Å². The average Bonchev–Trinajstić information content (AvgIpc) is 3.45. The molecule has 0 amide bonds. The minimum absolute atomic E-state index is 0.474. The van der Waals surface area contributed by atoms with Crippen molar-refractivity contribution in [2.24, 2.45) is 4.99 Å². The van der Waals surface area contributed by atoms with E-state index in [1.54, 1.807) is 19.6 Å². The molecule has 2 N–H and O–H groups in total. The predicted octanol–water partition coefficient (Wildman–Crippen LogP) is 3.10. The molecule has 4 aromatic rings. The normalized spacial score (nSPS) is 11.5. The van der Waals surface area contributed by atoms with Gasteiger partial charge in [-0.25, -0.2) is 4.98 Å². The van der Waals surface area contributed by atoms with Crippen LogP contribution in [0.5, 0.6) is 0 Å². The number of rotatable bonds is 6. The maximum absolute atomic E-state index is 5.61. The third kappa shape index (κ3) is 4.54. The molecule has 4 rings (SSSR count). The Balaban J connectivity index is 1.34. The van der Waals surface area contributed by atoms with Crippen LogP contribution in [-0.2, 0) is 13.1 Å². The monoisotopic (exact) mass is 401 g/mol. The van der Waals surface area contributed by atoms with Crippen molar-refractivity contribution in [1.29, 1.82) is 0 Å². The Morgan fingerprint density at radius 1 is 1.03 bits per heavy atom. The third-order valence-electron chi connectivity index (χ3n) is 4.58. The summed E-state index contributed by atoms with van der Waals surface area (Å²) in [6.45, 7) is 3.01. The molecule has 8 heteroatoms. The minimum Gasteiger partial charge on any atom is -0.444 e. The molecule has 0 radical (unpaired) electrons. The maximum atomic E-state index is 5.61. The first-order valence-electron chi connectivity index (χ1n) is 9.63. The SMILES string of the molecule is CN=C(NCc1coc(-c2ccc(C)cc2)n1)NCc1nncn1-c1ccccc1. The fraction of sp³-hybridized carbons (Fsp3) is 0.182. The average molecular weight is 401 g/mol. The van der Waals surface area contributed by atoms with Crippen LogP contribution in [0.1, 0.15) is 17.1 Å². The van der Waals surface area contributed by atoms with Gasteiger partial charge in [0.2, 0.25) is 5.89 Å². The molecule has 8 nitrogen and oxygen atoms in total. The topological polar surface area (TPSA) is 93.2 Å². The Morgan fingerprint density at radius 3 is 2.57 bits per heavy atom. The van der Waals surface area contributed by atoms with Gasteiger partial charge in [-0.1, -0.05) is 35.9 Å². The summed E-state index contributed by atoms with van der Waals surface area (Å²) in [5.41, 5.74) is 3.95. The molecule has 30 heavy (non-hydrogen) atoms. The fourth-order valence-corrected chi connectivity index (χ4v) is 2.96. The molecule has 0 atom stereocenters. The molecule has 0 unspecified atom stereocenters. The highest BCUT2D eigenvalue weighted by atomic mass is 16.3. The highest BCUT2D eigenvalue weighted by molar-refractivity contribution is 5.79. The Morgan fingerprint density at radius 2 is 1.80 bits per heavy atom. The van der Waals surface area contributed by atoms with E-state index in [-0.39, 0.29) is 0 Å². The lowest BCUT2D eigenvalue weighted by Gasteiger charge is -2.11. The number of hydrogen-bond donors (Lipinski definition) is 2. The largest absolute Gasteiger partial charge is 0.444 e. The van der Waals surface area contributed by atoms with Crippen LogP contribution in [0.3, 0.4) is 0 Å². The second-order valence-electron chi connectivity index (χ2n) is 6.74. The molecule has 0 saturated carbocycles. The maximum Gasteiger partial charge on any atom is 0.226 e. The van der Waals surface area contributed by atoms with Crippen molar-refractivity contribution in [2.75, 3.05) is 7.05 Å². The van der Waals surface area contributed by atoms with Crippen molar-refractivity contribution >= 4 is 5.96 Å². The van der Waals surface area contributed by atoms with Crippen LogP contribution in [0.25, 0.3) is 17.1 Å². The Kier molecular flexibility index (Phi) is 5.84. The van der Waals surface area contributed by atoms with Gasteiger partial charge in [0.1, 0.15) is 12.6 Å². The number of aliphatic imine (C=N–C) groups is 1. The predicted molar refractivity (Wildman–Crippen MR) is 115 cm³/mol. The van der Waals surface area contributed by atoms with Gasteiger partial charge in [0, 0.05) is 18.3 Å². The summed E-state index contributed by atoms with van der Waals surface area (Å²) in [7, 11) is 1.72. The van der Waals surface area contributed by atoms with Crippen molar-refractivity contribution in [1.82, 2.24) is 30.4 Å². The van der Waals surface area contributed by atoms with E-state index < -0.39 is 0 Å². The highest BCUT2D eigenvalue weighted by Gasteiger charge is 2.09. The number of para-hydroxylation sites is 1. The lowest BCUT2D eigenvalue weighted by Crippen LogP contribution is -2.37. The van der Waals surface area contributed by atoms with Crippen LogP contribution in [0, 0.1) is 6.92 Å². The van der Waals surface area contributed by atoms with Crippen LogP contribution < -0.4 is 10.6 Å². The third-order valence-corrected chi connectivity index (χ3v) is 4.58. The number of aromatic nitrogens is 4. The number of oxazole rings is 1. The fourth-order valence-electron chi connectivity index (χ4n) is 2.96. The first kappa shape index (κ1) is 19.4. The zero-order valence-electron chi connectivity index (χ0n) is 16.9. The molecule has 0 fully saturated rings. The molecule has 2 aromatic heterocycles. The van der Waals surface area contributed by atoms with Gasteiger partial charge >= 0.3 is 0 Å². The second-order valence-corrected chi connectivity index (χ2v) is 6.74. The van der Waals surface area contributed by atoms with E-state index in [1.165, 1.54) is 5.56 Å². The van der Waals surface area contributed by atoms with Gasteiger partial charge in [0.05, 0.1) is 18.8 Å². The van der Waals surface area contributed by atoms with Gasteiger partial charge in [-0.05, 0) is 31.2 Å². The summed E-state index contributed by atoms with van der Waals surface area (Å²) in [5, 5.41) is 14.7. The van der Waals surface area contributed by atoms with Gasteiger partial charge in [0.15, 0.2) is 11.8 Å². The van der Waals surface area contributed by atoms with Crippen LogP contribution in [0.2, 0.25) is 0 Å². The standard InChI is InChI=1S/C22H23N7O/c1-16-8-10-17(11-9-16)21-27-18(14-30-21)12-24-22(23-2)25-13-20-28-26-15-29(20)19-6-4-3-5-7-19/h3-11,14-15H,12-13H2,1-2H3,(H2,23,24,25). The van der Waals surface area contributed by atoms with E-state index in [9.17, 15) is 0 Å². The van der Waals surface area contributed by atoms with E-state index in [4.69, 9.17) is 4.42 Å². The summed E-state index contributed by atoms with van der Waals surface area (Å²) in [6, 6.07) is 18.0. The van der Waals surface area contributed by atoms with Crippen LogP contribution in [0.15, 0.2) is 76.6 Å². The summed E-state index contributed by atoms with van der Waals surface area (Å²) < 4.78 is 7.54. The number of hydrogen-bond acceptors (Lipinski definition) is 5. The van der Waals surface area contributed by atoms with Crippen LogP contribution in [-0.4, -0.2) is 32.8 Å². The van der Waals surface area contributed by atoms with E-state index >= 15 is 0 Å². The lowest BCUT2D eigenvalue weighted by molar-refractivity contribution is 0.572. The molecule has 0 aliphatic heterocycles. The van der Waals surface area contributed by atoms with E-state index in [1.807, 2.05) is 59.2 Å². The van der Waals surface area contributed by atoms with Gasteiger partial charge in [-0.3, -0.25) is 9.56 Å². The van der Waals surface area contributed by atoms with Crippen molar-refractivity contribution in [3.8, 4) is 17.1 Å². The van der Waals surface area contributed by atoms with Gasteiger partial charge < -0.3 is 15.1 Å². The van der Waals surface area contributed by atoms with Gasteiger partial charge in [-0.2, -0.15) is 0 Å². The quantitative estimate of drug-likeness (QED) is 0.381. The zero-order valence-corrected chi connectivity index (χ0v) is 16.9. The molecule has 0 bridgehead atoms. The van der Waals surface area contributed by atoms with Crippen molar-refractivity contribution in [2.45, 2.75) is 20.0 Å². The first-order chi connectivity index (χ1) is 14.7. The van der Waals surface area contributed by atoms with E-state index in [2.05, 4.69) is 37.7 Å². The zero-order chi connectivity index (χ0) is 20.8. The smallest absolute Gasteiger partial charge is 0.226 e. The molecule has 0 saturated heterocycles. The van der Waals surface area contributed by atoms with E-state index in [0.717, 1.165) is 22.8 Å². The number of benzene rings is 2. The number of nitrogens with zero attached hydrogens (tertiary/aromatic N) is 5. The molecule has 0 aliphatic rings. The second kappa shape index (κ2) is 9.04. The molecule has 2 aromatic carbocycles. The Labute approximate surface area is 174 Å². The summed E-state index contributed by atoms with van der Waals surface area (Å²) in [4.78, 5) is 8.80. The highest BCUT2D eigenvalue weighted by Crippen LogP contribution is 2.19. The molecular formula is C22H23N7O. The summed E-state index contributed by atoms with van der Waals surface area (Å²) in [6.07, 6.45) is 3.35. The lowest BCUT2D eigenvalue weighted by atomic mass is 10.1. The van der Waals surface area contributed by atoms with Crippen molar-refractivity contribution in [3.05, 3.63) is 84.3 Å². The van der Waals surface area contributed by atoms with Crippen LogP contribution in [0.4, 0.5) is 0 Å². The minimum atomic E-state index is 0.474. The Bertz CT molecular complexity index is 1110. The van der Waals surface area contributed by atoms with Gasteiger partial charge in [0.25, 0.3) is 0 Å². The molecule has 2 heterocycles. The van der Waals surface area contributed by atoms with Crippen LogP contribution >= 0.6 is 0 Å². The molecule has 152 valence electrons. The molecule has 0 spiro atoms. The molecular weight excluding hydrogens is 378 g/mol. The number of nitrogens with one attached hydrogen (secondary N) is 2.